The van der Waals surface area contributed by atoms with E-state index >= 15 is 0 Å². The molecule has 0 radical (unpaired) electrons. The Bertz CT molecular complexity index is 1270. The van der Waals surface area contributed by atoms with Crippen molar-refractivity contribution in [2.24, 2.45) is 0 Å². The molecule has 1 aliphatic rings. The molecule has 160 valence electrons. The Morgan fingerprint density at radius 3 is 2.22 bits per heavy atom. The lowest BCUT2D eigenvalue weighted by Crippen LogP contribution is -2.50. The van der Waals surface area contributed by atoms with Crippen molar-refractivity contribution in [3.8, 4) is 0 Å². The molecule has 0 atom stereocenters. The molecule has 0 aliphatic carbocycles. The van der Waals surface area contributed by atoms with Crippen molar-refractivity contribution in [2.75, 3.05) is 26.2 Å². The molecule has 2 aromatic carbocycles. The molecule has 3 heterocycles. The minimum Gasteiger partial charge on any atom is -0.335 e. The highest BCUT2D eigenvalue weighted by molar-refractivity contribution is 7.08. The zero-order chi connectivity index (χ0) is 21.9. The van der Waals surface area contributed by atoms with Gasteiger partial charge in [-0.2, -0.15) is 16.4 Å². The summed E-state index contributed by atoms with van der Waals surface area (Å²) in [4.78, 5) is 29.0. The number of rotatable bonds is 4. The van der Waals surface area contributed by atoms with Crippen molar-refractivity contribution in [2.45, 2.75) is 0 Å². The molecule has 2 aromatic heterocycles. The van der Waals surface area contributed by atoms with E-state index in [0.717, 1.165) is 27.7 Å². The molecule has 7 heteroatoms. The fourth-order valence-corrected chi connectivity index (χ4v) is 4.52. The summed E-state index contributed by atoms with van der Waals surface area (Å²) in [5.74, 6) is 0.0423. The van der Waals surface area contributed by atoms with Crippen LogP contribution >= 0.6 is 11.3 Å². The largest absolute Gasteiger partial charge is 0.335 e. The summed E-state index contributed by atoms with van der Waals surface area (Å²) in [5.41, 5.74) is 4.27. The lowest BCUT2D eigenvalue weighted by Gasteiger charge is -2.34. The number of nitrogens with one attached hydrogen (secondary N) is 1. The summed E-state index contributed by atoms with van der Waals surface area (Å²) in [6.45, 7) is 2.20. The van der Waals surface area contributed by atoms with Crippen LogP contribution in [0, 0.1) is 0 Å². The number of fused-ring (bicyclic) bond motifs is 1. The van der Waals surface area contributed by atoms with E-state index < -0.39 is 0 Å². The van der Waals surface area contributed by atoms with E-state index in [4.69, 9.17) is 0 Å². The fraction of sp³-hybridized carbons (Fsp3) is 0.160. The zero-order valence-corrected chi connectivity index (χ0v) is 18.2. The van der Waals surface area contributed by atoms with Crippen molar-refractivity contribution in [3.05, 3.63) is 87.7 Å². The quantitative estimate of drug-likeness (QED) is 0.510. The molecule has 6 nitrogen and oxygen atoms in total. The predicted octanol–water partition coefficient (Wildman–Crippen LogP) is 4.39. The van der Waals surface area contributed by atoms with Gasteiger partial charge >= 0.3 is 0 Å². The minimum absolute atomic E-state index is 0.00135. The number of para-hydroxylation sites is 1. The summed E-state index contributed by atoms with van der Waals surface area (Å²) in [6.07, 6.45) is 3.96. The summed E-state index contributed by atoms with van der Waals surface area (Å²) in [5, 5.41) is 12.2. The van der Waals surface area contributed by atoms with E-state index in [-0.39, 0.29) is 11.8 Å². The Labute approximate surface area is 189 Å². The maximum Gasteiger partial charge on any atom is 0.254 e. The number of amides is 2. The number of piperazine rings is 1. The number of nitrogens with zero attached hydrogens (tertiary/aromatic N) is 3. The van der Waals surface area contributed by atoms with Crippen LogP contribution in [0.4, 0.5) is 0 Å². The van der Waals surface area contributed by atoms with Gasteiger partial charge in [-0.25, -0.2) is 0 Å². The standard InChI is InChI=1S/C25H22N4O2S/c30-24(28-12-14-29(15-13-28)25(31)20-11-16-32-17-20)19-8-5-18(6-9-19)7-10-23-21-3-1-2-4-22(21)26-27-23/h1-11,16-17H,12-15H2,(H,26,27)/b10-7+. The van der Waals surface area contributed by atoms with E-state index in [9.17, 15) is 9.59 Å². The van der Waals surface area contributed by atoms with Crippen molar-refractivity contribution in [3.63, 3.8) is 0 Å². The molecule has 0 bridgehead atoms. The molecule has 0 spiro atoms. The van der Waals surface area contributed by atoms with Crippen molar-refractivity contribution in [1.29, 1.82) is 0 Å². The van der Waals surface area contributed by atoms with E-state index in [1.54, 1.807) is 0 Å². The van der Waals surface area contributed by atoms with Gasteiger partial charge in [0, 0.05) is 42.5 Å². The third-order valence-corrected chi connectivity index (χ3v) is 6.40. The number of hydrogen-bond donors (Lipinski definition) is 1. The fourth-order valence-electron chi connectivity index (χ4n) is 3.89. The van der Waals surface area contributed by atoms with Crippen LogP contribution in [0.2, 0.25) is 0 Å². The highest BCUT2D eigenvalue weighted by Gasteiger charge is 2.25. The molecular formula is C25H22N4O2S. The molecule has 1 fully saturated rings. The monoisotopic (exact) mass is 442 g/mol. The van der Waals surface area contributed by atoms with Gasteiger partial charge in [0.2, 0.25) is 0 Å². The van der Waals surface area contributed by atoms with E-state index in [2.05, 4.69) is 10.2 Å². The summed E-state index contributed by atoms with van der Waals surface area (Å²) in [6, 6.07) is 17.4. The first-order chi connectivity index (χ1) is 15.7. The zero-order valence-electron chi connectivity index (χ0n) is 17.4. The predicted molar refractivity (Wildman–Crippen MR) is 128 cm³/mol. The Morgan fingerprint density at radius 2 is 1.53 bits per heavy atom. The van der Waals surface area contributed by atoms with Gasteiger partial charge in [-0.1, -0.05) is 36.4 Å². The first-order valence-electron chi connectivity index (χ1n) is 10.5. The Morgan fingerprint density at radius 1 is 0.844 bits per heavy atom. The smallest absolute Gasteiger partial charge is 0.254 e. The molecule has 1 saturated heterocycles. The lowest BCUT2D eigenvalue weighted by atomic mass is 10.1. The third kappa shape index (κ3) is 4.07. The molecule has 1 aliphatic heterocycles. The number of benzene rings is 2. The van der Waals surface area contributed by atoms with Gasteiger partial charge in [0.25, 0.3) is 11.8 Å². The topological polar surface area (TPSA) is 69.3 Å². The normalized spacial score (nSPS) is 14.4. The molecule has 0 unspecified atom stereocenters. The van der Waals surface area contributed by atoms with Gasteiger partial charge < -0.3 is 9.80 Å². The number of hydrogen-bond acceptors (Lipinski definition) is 4. The van der Waals surface area contributed by atoms with Crippen LogP contribution in [-0.2, 0) is 0 Å². The SMILES string of the molecule is O=C(c1ccc(/C=C/c2n[nH]c3ccccc23)cc1)N1CCN(C(=O)c2ccsc2)CC1. The molecule has 2 amide bonds. The van der Waals surface area contributed by atoms with Gasteiger partial charge in [-0.05, 0) is 41.3 Å². The molecular weight excluding hydrogens is 420 g/mol. The second-order valence-electron chi connectivity index (χ2n) is 7.71. The van der Waals surface area contributed by atoms with Crippen molar-refractivity contribution >= 4 is 46.2 Å². The van der Waals surface area contributed by atoms with Gasteiger partial charge in [0.1, 0.15) is 0 Å². The molecule has 4 aromatic rings. The van der Waals surface area contributed by atoms with Crippen LogP contribution in [0.3, 0.4) is 0 Å². The average Bonchev–Trinajstić information content (AvgIpc) is 3.53. The Balaban J connectivity index is 1.21. The van der Waals surface area contributed by atoms with Crippen molar-refractivity contribution in [1.82, 2.24) is 20.0 Å². The van der Waals surface area contributed by atoms with Gasteiger partial charge in [-0.3, -0.25) is 14.7 Å². The molecule has 5 rings (SSSR count). The maximum atomic E-state index is 12.9. The van der Waals surface area contributed by atoms with Crippen LogP contribution in [0.5, 0.6) is 0 Å². The summed E-state index contributed by atoms with van der Waals surface area (Å²) < 4.78 is 0. The maximum absolute atomic E-state index is 12.9. The van der Waals surface area contributed by atoms with Crippen LogP contribution < -0.4 is 0 Å². The first-order valence-corrected chi connectivity index (χ1v) is 11.5. The molecule has 0 saturated carbocycles. The van der Waals surface area contributed by atoms with Gasteiger partial charge in [0.15, 0.2) is 0 Å². The average molecular weight is 443 g/mol. The number of aromatic amines is 1. The van der Waals surface area contributed by atoms with Crippen LogP contribution in [0.15, 0.2) is 65.4 Å². The van der Waals surface area contributed by atoms with E-state index in [0.29, 0.717) is 31.7 Å². The summed E-state index contributed by atoms with van der Waals surface area (Å²) in [7, 11) is 0. The Hall–Kier alpha value is -3.71. The lowest BCUT2D eigenvalue weighted by molar-refractivity contribution is 0.0536. The van der Waals surface area contributed by atoms with Crippen LogP contribution in [0.25, 0.3) is 23.1 Å². The Kier molecular flexibility index (Phi) is 5.56. The number of H-pyrrole nitrogens is 1. The minimum atomic E-state index is 0.00135. The van der Waals surface area contributed by atoms with E-state index in [1.165, 1.54) is 11.3 Å². The van der Waals surface area contributed by atoms with E-state index in [1.807, 2.05) is 87.3 Å². The number of aromatic nitrogens is 2. The highest BCUT2D eigenvalue weighted by atomic mass is 32.1. The second kappa shape index (κ2) is 8.80. The van der Waals surface area contributed by atoms with Gasteiger partial charge in [0.05, 0.1) is 16.8 Å². The second-order valence-corrected chi connectivity index (χ2v) is 8.49. The third-order valence-electron chi connectivity index (χ3n) is 5.71. The number of thiophene rings is 1. The van der Waals surface area contributed by atoms with Gasteiger partial charge in [-0.15, -0.1) is 0 Å². The number of carbonyl (C=O) groups is 2. The van der Waals surface area contributed by atoms with Crippen LogP contribution in [-0.4, -0.2) is 58.0 Å². The number of carbonyl (C=O) groups excluding carboxylic acids is 2. The van der Waals surface area contributed by atoms with Crippen LogP contribution in [0.1, 0.15) is 32.0 Å². The highest BCUT2D eigenvalue weighted by Crippen LogP contribution is 2.18. The first kappa shape index (κ1) is 20.2. The summed E-state index contributed by atoms with van der Waals surface area (Å²) >= 11 is 1.52. The molecule has 1 N–H and O–H groups in total. The molecule has 32 heavy (non-hydrogen) atoms. The van der Waals surface area contributed by atoms with Crippen molar-refractivity contribution < 1.29 is 9.59 Å².